The molecular weight excluding hydrogens is 344 g/mol. The van der Waals surface area contributed by atoms with Crippen molar-refractivity contribution in [3.63, 3.8) is 0 Å². The van der Waals surface area contributed by atoms with Crippen molar-refractivity contribution in [3.8, 4) is 11.5 Å². The molecule has 0 spiro atoms. The Morgan fingerprint density at radius 2 is 1.85 bits per heavy atom. The molecule has 0 heterocycles. The van der Waals surface area contributed by atoms with E-state index in [0.29, 0.717) is 26.2 Å². The highest BCUT2D eigenvalue weighted by atomic mass is 16.5. The zero-order valence-electron chi connectivity index (χ0n) is 16.2. The van der Waals surface area contributed by atoms with Gasteiger partial charge in [-0.3, -0.25) is 0 Å². The highest BCUT2D eigenvalue weighted by molar-refractivity contribution is 5.72. The average Bonchev–Trinajstić information content (AvgIpc) is 2.64. The van der Waals surface area contributed by atoms with Crippen molar-refractivity contribution in [2.75, 3.05) is 19.8 Å². The second-order valence-corrected chi connectivity index (χ2v) is 6.45. The summed E-state index contributed by atoms with van der Waals surface area (Å²) in [6.07, 6.45) is 0.237. The van der Waals surface area contributed by atoms with Crippen LogP contribution in [-0.4, -0.2) is 37.0 Å². The summed E-state index contributed by atoms with van der Waals surface area (Å²) in [5.74, 6) is 0.680. The summed E-state index contributed by atoms with van der Waals surface area (Å²) < 4.78 is 16.9. The number of benzene rings is 2. The molecule has 0 fully saturated rings. The molecule has 0 aromatic heterocycles. The number of hydrogen-bond donors (Lipinski definition) is 1. The van der Waals surface area contributed by atoms with Gasteiger partial charge in [0.2, 0.25) is 0 Å². The first kappa shape index (κ1) is 20.8. The van der Waals surface area contributed by atoms with E-state index in [2.05, 4.69) is 12.1 Å². The first-order valence-electron chi connectivity index (χ1n) is 9.25. The van der Waals surface area contributed by atoms with Crippen molar-refractivity contribution in [2.24, 2.45) is 0 Å². The molecule has 0 saturated carbocycles. The van der Waals surface area contributed by atoms with Crippen LogP contribution in [0.4, 0.5) is 0 Å². The Balaban J connectivity index is 1.79. The Morgan fingerprint density at radius 1 is 1.07 bits per heavy atom. The first-order valence-corrected chi connectivity index (χ1v) is 9.25. The molecule has 0 bridgehead atoms. The summed E-state index contributed by atoms with van der Waals surface area (Å²) >= 11 is 0. The number of carboxylic acids is 1. The average molecular weight is 372 g/mol. The van der Waals surface area contributed by atoms with Crippen LogP contribution in [0.2, 0.25) is 0 Å². The molecule has 0 aliphatic rings. The lowest BCUT2D eigenvalue weighted by Gasteiger charge is -2.14. The van der Waals surface area contributed by atoms with Crippen LogP contribution in [0.1, 0.15) is 30.0 Å². The third-order valence-corrected chi connectivity index (χ3v) is 4.12. The highest BCUT2D eigenvalue weighted by Gasteiger charge is 2.18. The summed E-state index contributed by atoms with van der Waals surface area (Å²) in [5.41, 5.74) is 3.17. The minimum Gasteiger partial charge on any atom is -0.493 e. The van der Waals surface area contributed by atoms with Gasteiger partial charge in [-0.05, 0) is 55.7 Å². The summed E-state index contributed by atoms with van der Waals surface area (Å²) in [5, 5.41) is 9.20. The van der Waals surface area contributed by atoms with E-state index in [1.807, 2.05) is 44.2 Å². The molecule has 5 nitrogen and oxygen atoms in total. The molecule has 1 N–H and O–H groups in total. The van der Waals surface area contributed by atoms with E-state index in [0.717, 1.165) is 29.0 Å². The number of hydrogen-bond acceptors (Lipinski definition) is 4. The molecule has 2 aromatic rings. The summed E-state index contributed by atoms with van der Waals surface area (Å²) in [6.45, 7) is 7.34. The quantitative estimate of drug-likeness (QED) is 0.599. The zero-order chi connectivity index (χ0) is 19.6. The van der Waals surface area contributed by atoms with Crippen molar-refractivity contribution < 1.29 is 24.1 Å². The van der Waals surface area contributed by atoms with E-state index >= 15 is 0 Å². The van der Waals surface area contributed by atoms with E-state index in [-0.39, 0.29) is 0 Å². The molecule has 2 rings (SSSR count). The number of rotatable bonds is 11. The van der Waals surface area contributed by atoms with Crippen LogP contribution in [-0.2, 0) is 16.0 Å². The predicted octanol–water partition coefficient (Wildman–Crippen LogP) is 4.18. The summed E-state index contributed by atoms with van der Waals surface area (Å²) in [4.78, 5) is 11.2. The largest absolute Gasteiger partial charge is 0.493 e. The van der Waals surface area contributed by atoms with Gasteiger partial charge in [0.1, 0.15) is 11.5 Å². The Morgan fingerprint density at radius 3 is 2.59 bits per heavy atom. The van der Waals surface area contributed by atoms with E-state index < -0.39 is 12.1 Å². The normalized spacial score (nSPS) is 11.8. The van der Waals surface area contributed by atoms with Crippen molar-refractivity contribution in [3.05, 3.63) is 59.2 Å². The smallest absolute Gasteiger partial charge is 0.333 e. The second-order valence-electron chi connectivity index (χ2n) is 6.45. The van der Waals surface area contributed by atoms with Crippen LogP contribution in [0, 0.1) is 13.8 Å². The van der Waals surface area contributed by atoms with Gasteiger partial charge in [-0.2, -0.15) is 0 Å². The fraction of sp³-hybridized carbons (Fsp3) is 0.409. The first-order chi connectivity index (χ1) is 13.0. The van der Waals surface area contributed by atoms with Gasteiger partial charge in [0, 0.05) is 19.4 Å². The summed E-state index contributed by atoms with van der Waals surface area (Å²) in [6, 6.07) is 13.6. The fourth-order valence-electron chi connectivity index (χ4n) is 2.69. The lowest BCUT2D eigenvalue weighted by atomic mass is 10.1. The van der Waals surface area contributed by atoms with Crippen molar-refractivity contribution in [1.82, 2.24) is 0 Å². The number of aryl methyl sites for hydroxylation is 2. The molecule has 0 radical (unpaired) electrons. The van der Waals surface area contributed by atoms with Gasteiger partial charge in [-0.25, -0.2) is 4.79 Å². The van der Waals surface area contributed by atoms with Gasteiger partial charge in [0.25, 0.3) is 0 Å². The Labute approximate surface area is 160 Å². The molecule has 0 aliphatic heterocycles. The molecule has 0 aliphatic carbocycles. The van der Waals surface area contributed by atoms with Crippen LogP contribution in [0.25, 0.3) is 0 Å². The lowest BCUT2D eigenvalue weighted by Crippen LogP contribution is -2.26. The molecule has 146 valence electrons. The fourth-order valence-corrected chi connectivity index (χ4v) is 2.69. The van der Waals surface area contributed by atoms with Gasteiger partial charge in [0.15, 0.2) is 6.10 Å². The minimum absolute atomic E-state index is 0.316. The number of aliphatic carboxylic acids is 1. The van der Waals surface area contributed by atoms with Crippen molar-refractivity contribution in [1.29, 1.82) is 0 Å². The zero-order valence-corrected chi connectivity index (χ0v) is 16.2. The van der Waals surface area contributed by atoms with Crippen LogP contribution >= 0.6 is 0 Å². The minimum atomic E-state index is -0.952. The SMILES string of the molecule is CCOC(Cc1cccc(OCCCOc2cc(C)ccc2C)c1)C(=O)O. The van der Waals surface area contributed by atoms with E-state index in [4.69, 9.17) is 14.2 Å². The molecule has 27 heavy (non-hydrogen) atoms. The number of carboxylic acid groups (broad SMARTS) is 1. The maximum absolute atomic E-state index is 11.2. The van der Waals surface area contributed by atoms with Gasteiger partial charge in [-0.1, -0.05) is 24.3 Å². The number of ether oxygens (including phenoxy) is 3. The third kappa shape index (κ3) is 6.94. The Kier molecular flexibility index (Phi) is 8.14. The topological polar surface area (TPSA) is 65.0 Å². The van der Waals surface area contributed by atoms with Crippen LogP contribution in [0.15, 0.2) is 42.5 Å². The molecular formula is C22H28O5. The van der Waals surface area contributed by atoms with Crippen LogP contribution in [0.3, 0.4) is 0 Å². The van der Waals surface area contributed by atoms with Gasteiger partial charge < -0.3 is 19.3 Å². The molecule has 1 unspecified atom stereocenters. The molecule has 2 aromatic carbocycles. The van der Waals surface area contributed by atoms with E-state index in [1.54, 1.807) is 6.92 Å². The molecule has 5 heteroatoms. The van der Waals surface area contributed by atoms with E-state index in [1.165, 1.54) is 5.56 Å². The molecule has 0 saturated heterocycles. The van der Waals surface area contributed by atoms with Gasteiger partial charge in [-0.15, -0.1) is 0 Å². The highest BCUT2D eigenvalue weighted by Crippen LogP contribution is 2.19. The molecule has 0 amide bonds. The van der Waals surface area contributed by atoms with Gasteiger partial charge >= 0.3 is 5.97 Å². The monoisotopic (exact) mass is 372 g/mol. The van der Waals surface area contributed by atoms with Crippen molar-refractivity contribution >= 4 is 5.97 Å². The van der Waals surface area contributed by atoms with Crippen LogP contribution < -0.4 is 9.47 Å². The maximum Gasteiger partial charge on any atom is 0.333 e. The summed E-state index contributed by atoms with van der Waals surface area (Å²) in [7, 11) is 0. The number of carbonyl (C=O) groups is 1. The maximum atomic E-state index is 11.2. The predicted molar refractivity (Wildman–Crippen MR) is 105 cm³/mol. The second kappa shape index (κ2) is 10.6. The Hall–Kier alpha value is -2.53. The third-order valence-electron chi connectivity index (χ3n) is 4.12. The van der Waals surface area contributed by atoms with E-state index in [9.17, 15) is 9.90 Å². The molecule has 1 atom stereocenters. The standard InChI is InChI=1S/C22H28O5/c1-4-25-21(22(23)24)15-18-7-5-8-19(14-18)26-11-6-12-27-20-13-16(2)9-10-17(20)3/h5,7-10,13-14,21H,4,6,11-12,15H2,1-3H3,(H,23,24). The van der Waals surface area contributed by atoms with Crippen LogP contribution in [0.5, 0.6) is 11.5 Å². The van der Waals surface area contributed by atoms with Gasteiger partial charge in [0.05, 0.1) is 13.2 Å². The lowest BCUT2D eigenvalue weighted by molar-refractivity contribution is -0.149. The Bertz CT molecular complexity index is 741. The van der Waals surface area contributed by atoms with Crippen molar-refractivity contribution in [2.45, 2.75) is 39.7 Å².